The monoisotopic (exact) mass is 322 g/mol. The molecule has 2 aromatic rings. The Bertz CT molecular complexity index is 662. The second-order valence-corrected chi connectivity index (χ2v) is 6.37. The lowest BCUT2D eigenvalue weighted by Gasteiger charge is -2.08. The predicted molar refractivity (Wildman–Crippen MR) is 87.6 cm³/mol. The number of hydrogen-bond donors (Lipinski definition) is 2. The molecule has 0 aliphatic heterocycles. The first-order chi connectivity index (χ1) is 10.0. The summed E-state index contributed by atoms with van der Waals surface area (Å²) in [5.74, 6) is -0.0874. The minimum atomic E-state index is -1.27. The van der Waals surface area contributed by atoms with Gasteiger partial charge in [0.1, 0.15) is 5.75 Å². The van der Waals surface area contributed by atoms with Crippen LogP contribution in [-0.2, 0) is 21.3 Å². The van der Waals surface area contributed by atoms with Crippen molar-refractivity contribution >= 4 is 39.7 Å². The highest BCUT2D eigenvalue weighted by atomic mass is 35.5. The molecule has 0 spiro atoms. The zero-order valence-corrected chi connectivity index (χ0v) is 12.8. The Kier molecular flexibility index (Phi) is 5.36. The van der Waals surface area contributed by atoms with Crippen molar-refractivity contribution in [3.8, 4) is 0 Å². The highest BCUT2D eigenvalue weighted by Crippen LogP contribution is 2.23. The molecule has 3 N–H and O–H groups in total. The summed E-state index contributed by atoms with van der Waals surface area (Å²) in [7, 11) is -1.27. The van der Waals surface area contributed by atoms with E-state index in [1.807, 2.05) is 30.3 Å². The van der Waals surface area contributed by atoms with Gasteiger partial charge in [-0.2, -0.15) is 0 Å². The van der Waals surface area contributed by atoms with Crippen LogP contribution in [0.3, 0.4) is 0 Å². The van der Waals surface area contributed by atoms with Crippen molar-refractivity contribution in [2.45, 2.75) is 5.75 Å². The van der Waals surface area contributed by atoms with Crippen molar-refractivity contribution < 1.29 is 9.00 Å². The molecule has 1 atom stereocenters. The number of amides is 1. The molecule has 4 nitrogen and oxygen atoms in total. The lowest BCUT2D eigenvalue weighted by molar-refractivity contribution is -0.113. The standard InChI is InChI=1S/C15H15ClN2O2S/c16-13-7-6-12(17)8-14(13)18-15(19)10-21(20)9-11-4-2-1-3-5-11/h1-8H,9-10,17H2,(H,18,19). The van der Waals surface area contributed by atoms with Crippen molar-refractivity contribution in [1.82, 2.24) is 0 Å². The van der Waals surface area contributed by atoms with Crippen LogP contribution < -0.4 is 11.1 Å². The van der Waals surface area contributed by atoms with Crippen molar-refractivity contribution in [3.05, 3.63) is 59.1 Å². The molecule has 2 aromatic carbocycles. The van der Waals surface area contributed by atoms with Crippen LogP contribution in [0.25, 0.3) is 0 Å². The maximum Gasteiger partial charge on any atom is 0.237 e. The molecule has 0 aromatic heterocycles. The Balaban J connectivity index is 1.92. The van der Waals surface area contributed by atoms with Crippen LogP contribution in [0.15, 0.2) is 48.5 Å². The molecule has 110 valence electrons. The fourth-order valence-electron chi connectivity index (χ4n) is 1.78. The molecule has 1 amide bonds. The molecule has 0 saturated carbocycles. The SMILES string of the molecule is Nc1ccc(Cl)c(NC(=O)CS(=O)Cc2ccccc2)c1. The van der Waals surface area contributed by atoms with Gasteiger partial charge in [-0.05, 0) is 23.8 Å². The average molecular weight is 323 g/mol. The summed E-state index contributed by atoms with van der Waals surface area (Å²) >= 11 is 5.96. The van der Waals surface area contributed by atoms with Gasteiger partial charge in [0, 0.05) is 22.2 Å². The summed E-state index contributed by atoms with van der Waals surface area (Å²) in [6.45, 7) is 0. The maximum absolute atomic E-state index is 12.0. The number of nitrogen functional groups attached to an aromatic ring is 1. The maximum atomic E-state index is 12.0. The summed E-state index contributed by atoms with van der Waals surface area (Å²) in [6.07, 6.45) is 0. The quantitative estimate of drug-likeness (QED) is 0.831. The third kappa shape index (κ3) is 4.88. The molecule has 6 heteroatoms. The molecule has 1 unspecified atom stereocenters. The lowest BCUT2D eigenvalue weighted by Crippen LogP contribution is -2.20. The fraction of sp³-hybridized carbons (Fsp3) is 0.133. The lowest BCUT2D eigenvalue weighted by atomic mass is 10.2. The molecule has 21 heavy (non-hydrogen) atoms. The van der Waals surface area contributed by atoms with Gasteiger partial charge in [0.15, 0.2) is 0 Å². The average Bonchev–Trinajstić information content (AvgIpc) is 2.43. The third-order valence-electron chi connectivity index (χ3n) is 2.73. The number of nitrogens with two attached hydrogens (primary N) is 1. The summed E-state index contributed by atoms with van der Waals surface area (Å²) in [5, 5.41) is 3.02. The molecule has 0 aliphatic rings. The number of rotatable bonds is 5. The van der Waals surface area contributed by atoms with E-state index in [1.54, 1.807) is 18.2 Å². The molecule has 0 bridgehead atoms. The van der Waals surface area contributed by atoms with Gasteiger partial charge < -0.3 is 11.1 Å². The Morgan fingerprint density at radius 2 is 1.90 bits per heavy atom. The van der Waals surface area contributed by atoms with Crippen LogP contribution in [0, 0.1) is 0 Å². The van der Waals surface area contributed by atoms with Gasteiger partial charge in [0.05, 0.1) is 10.7 Å². The molecule has 0 radical (unpaired) electrons. The summed E-state index contributed by atoms with van der Waals surface area (Å²) in [6, 6.07) is 14.2. The van der Waals surface area contributed by atoms with Crippen molar-refractivity contribution in [2.24, 2.45) is 0 Å². The van der Waals surface area contributed by atoms with E-state index in [9.17, 15) is 9.00 Å². The van der Waals surface area contributed by atoms with Gasteiger partial charge in [0.2, 0.25) is 5.91 Å². The largest absolute Gasteiger partial charge is 0.399 e. The van der Waals surface area contributed by atoms with Gasteiger partial charge in [-0.15, -0.1) is 0 Å². The van der Waals surface area contributed by atoms with Crippen LogP contribution in [0.4, 0.5) is 11.4 Å². The van der Waals surface area contributed by atoms with E-state index in [2.05, 4.69) is 5.32 Å². The summed E-state index contributed by atoms with van der Waals surface area (Å²) in [4.78, 5) is 11.9. The van der Waals surface area contributed by atoms with Crippen molar-refractivity contribution in [1.29, 1.82) is 0 Å². The summed E-state index contributed by atoms with van der Waals surface area (Å²) in [5.41, 5.74) is 7.50. The summed E-state index contributed by atoms with van der Waals surface area (Å²) < 4.78 is 12.0. The van der Waals surface area contributed by atoms with E-state index in [0.717, 1.165) is 5.56 Å². The molecule has 2 rings (SSSR count). The topological polar surface area (TPSA) is 72.2 Å². The van der Waals surface area contributed by atoms with Crippen LogP contribution >= 0.6 is 11.6 Å². The van der Waals surface area contributed by atoms with Crippen molar-refractivity contribution in [3.63, 3.8) is 0 Å². The highest BCUT2D eigenvalue weighted by Gasteiger charge is 2.11. The number of benzene rings is 2. The molecule has 0 heterocycles. The minimum Gasteiger partial charge on any atom is -0.399 e. The Labute approximate surface area is 130 Å². The predicted octanol–water partition coefficient (Wildman–Crippen LogP) is 2.81. The van der Waals surface area contributed by atoms with Crippen LogP contribution in [0.2, 0.25) is 5.02 Å². The normalized spacial score (nSPS) is 11.9. The third-order valence-corrected chi connectivity index (χ3v) is 4.30. The van der Waals surface area contributed by atoms with Crippen molar-refractivity contribution in [2.75, 3.05) is 16.8 Å². The first-order valence-corrected chi connectivity index (χ1v) is 8.15. The van der Waals surface area contributed by atoms with Gasteiger partial charge in [-0.1, -0.05) is 41.9 Å². The van der Waals surface area contributed by atoms with Gasteiger partial charge in [-0.3, -0.25) is 9.00 Å². The number of anilines is 2. The van der Waals surface area contributed by atoms with Gasteiger partial charge in [-0.25, -0.2) is 0 Å². The van der Waals surface area contributed by atoms with E-state index in [4.69, 9.17) is 17.3 Å². The Hall–Kier alpha value is -1.85. The number of carbonyl (C=O) groups is 1. The first-order valence-electron chi connectivity index (χ1n) is 6.28. The van der Waals surface area contributed by atoms with E-state index >= 15 is 0 Å². The van der Waals surface area contributed by atoms with Crippen LogP contribution in [0.5, 0.6) is 0 Å². The van der Waals surface area contributed by atoms with E-state index < -0.39 is 10.8 Å². The van der Waals surface area contributed by atoms with Crippen LogP contribution in [-0.4, -0.2) is 15.9 Å². The smallest absolute Gasteiger partial charge is 0.237 e. The number of carbonyl (C=O) groups excluding carboxylic acids is 1. The highest BCUT2D eigenvalue weighted by molar-refractivity contribution is 7.84. The number of halogens is 1. The second-order valence-electron chi connectivity index (χ2n) is 4.50. The fourth-order valence-corrected chi connectivity index (χ4v) is 2.98. The molecular weight excluding hydrogens is 308 g/mol. The second kappa shape index (κ2) is 7.24. The Morgan fingerprint density at radius 3 is 2.62 bits per heavy atom. The van der Waals surface area contributed by atoms with E-state index in [-0.39, 0.29) is 11.7 Å². The van der Waals surface area contributed by atoms with E-state index in [0.29, 0.717) is 22.2 Å². The Morgan fingerprint density at radius 1 is 1.19 bits per heavy atom. The van der Waals surface area contributed by atoms with Gasteiger partial charge >= 0.3 is 0 Å². The van der Waals surface area contributed by atoms with Gasteiger partial charge in [0.25, 0.3) is 0 Å². The van der Waals surface area contributed by atoms with Crippen LogP contribution in [0.1, 0.15) is 5.56 Å². The number of hydrogen-bond acceptors (Lipinski definition) is 3. The minimum absolute atomic E-state index is 0.0833. The molecule has 0 aliphatic carbocycles. The zero-order chi connectivity index (χ0) is 15.2. The molecule has 0 saturated heterocycles. The molecule has 0 fully saturated rings. The number of nitrogens with one attached hydrogen (secondary N) is 1. The van der Waals surface area contributed by atoms with E-state index in [1.165, 1.54) is 0 Å². The zero-order valence-electron chi connectivity index (χ0n) is 11.2. The first kappa shape index (κ1) is 15.5. The molecular formula is C15H15ClN2O2S.